The van der Waals surface area contributed by atoms with Crippen molar-refractivity contribution in [2.45, 2.75) is 70.2 Å². The van der Waals surface area contributed by atoms with Gasteiger partial charge in [-0.2, -0.15) is 0 Å². The number of amides is 3. The monoisotopic (exact) mass is 585 g/mol. The molecular formula is C31H40FN3O5S. The number of carbonyl (C=O) groups is 2. The van der Waals surface area contributed by atoms with Crippen LogP contribution in [0.2, 0.25) is 0 Å². The van der Waals surface area contributed by atoms with Crippen molar-refractivity contribution < 1.29 is 27.1 Å². The third-order valence-electron chi connectivity index (χ3n) is 8.59. The van der Waals surface area contributed by atoms with E-state index in [2.05, 4.69) is 11.4 Å². The Kier molecular flexibility index (Phi) is 8.07. The smallest absolute Gasteiger partial charge is 0.410 e. The zero-order chi connectivity index (χ0) is 29.5. The number of urea groups is 1. The summed E-state index contributed by atoms with van der Waals surface area (Å²) in [5, 5.41) is 3.28. The highest BCUT2D eigenvalue weighted by Gasteiger charge is 2.50. The molecule has 1 aliphatic heterocycles. The molecule has 1 unspecified atom stereocenters. The Balaban J connectivity index is 1.36. The van der Waals surface area contributed by atoms with Crippen LogP contribution in [0.5, 0.6) is 0 Å². The van der Waals surface area contributed by atoms with Crippen molar-refractivity contribution in [3.8, 4) is 0 Å². The highest BCUT2D eigenvalue weighted by atomic mass is 32.2. The van der Waals surface area contributed by atoms with E-state index in [0.717, 1.165) is 36.6 Å². The van der Waals surface area contributed by atoms with E-state index in [4.69, 9.17) is 4.74 Å². The van der Waals surface area contributed by atoms with E-state index >= 15 is 0 Å². The van der Waals surface area contributed by atoms with Crippen molar-refractivity contribution in [1.29, 1.82) is 0 Å². The fourth-order valence-corrected chi connectivity index (χ4v) is 7.09. The summed E-state index contributed by atoms with van der Waals surface area (Å²) < 4.78 is 43.4. The second-order valence-corrected chi connectivity index (χ2v) is 15.0. The molecule has 0 radical (unpaired) electrons. The number of hydrogen-bond donors (Lipinski definition) is 1. The van der Waals surface area contributed by atoms with Crippen LogP contribution in [0.1, 0.15) is 62.8 Å². The second-order valence-electron chi connectivity index (χ2n) is 12.8. The number of hydrogen-bond acceptors (Lipinski definition) is 5. The standard InChI is InChI=1S/C31H40FN3O5S/c1-31(2,3)40-30(37)34(15-16-41(4,38)39)27-19-26(22-17-23(27)18-22)33-29(36)35-14-13-20-7-5-6-8-25(20)28(35)21-9-11-24(32)12-10-21/h5-12,22-23,26-28H,13-19H2,1-4H3,(H,33,36)/t22?,23?,26-,27?,28+/m1/s1. The summed E-state index contributed by atoms with van der Waals surface area (Å²) >= 11 is 0. The molecule has 2 aromatic carbocycles. The van der Waals surface area contributed by atoms with Gasteiger partial charge in [0.1, 0.15) is 21.3 Å². The molecule has 0 spiro atoms. The highest BCUT2D eigenvalue weighted by Crippen LogP contribution is 2.48. The number of nitrogens with zero attached hydrogens (tertiary/aromatic N) is 2. The number of sulfone groups is 1. The summed E-state index contributed by atoms with van der Waals surface area (Å²) in [5.74, 6) is 0.0701. The van der Waals surface area contributed by atoms with Gasteiger partial charge in [0.15, 0.2) is 0 Å². The molecule has 8 nitrogen and oxygen atoms in total. The first-order chi connectivity index (χ1) is 19.3. The van der Waals surface area contributed by atoms with Crippen molar-refractivity contribution in [2.75, 3.05) is 25.1 Å². The minimum absolute atomic E-state index is 0.0514. The Bertz CT molecular complexity index is 1390. The van der Waals surface area contributed by atoms with Gasteiger partial charge in [-0.3, -0.25) is 0 Å². The first kappa shape index (κ1) is 29.4. The molecule has 2 aromatic rings. The van der Waals surface area contributed by atoms with Gasteiger partial charge in [0.25, 0.3) is 0 Å². The SMILES string of the molecule is CC(C)(C)OC(=O)N(CCS(C)(=O)=O)C1C[C@@H](NC(=O)N2CCc3ccccc3[C@@H]2c2ccc(F)cc2)C2CC1C2. The average molecular weight is 586 g/mol. The molecule has 3 saturated carbocycles. The van der Waals surface area contributed by atoms with Crippen LogP contribution in [0, 0.1) is 17.7 Å². The van der Waals surface area contributed by atoms with E-state index in [1.807, 2.05) is 23.1 Å². The summed E-state index contributed by atoms with van der Waals surface area (Å²) in [5.41, 5.74) is 2.33. The van der Waals surface area contributed by atoms with Crippen LogP contribution in [0.25, 0.3) is 0 Å². The van der Waals surface area contributed by atoms with Crippen molar-refractivity contribution in [3.63, 3.8) is 0 Å². The quantitative estimate of drug-likeness (QED) is 0.519. The summed E-state index contributed by atoms with van der Waals surface area (Å²) in [7, 11) is -3.30. The number of nitrogens with one attached hydrogen (secondary N) is 1. The van der Waals surface area contributed by atoms with Gasteiger partial charge in [-0.1, -0.05) is 36.4 Å². The largest absolute Gasteiger partial charge is 0.444 e. The van der Waals surface area contributed by atoms with Crippen molar-refractivity contribution in [2.24, 2.45) is 11.8 Å². The predicted octanol–water partition coefficient (Wildman–Crippen LogP) is 4.93. The van der Waals surface area contributed by atoms with Gasteiger partial charge in [-0.15, -0.1) is 0 Å². The normalized spacial score (nSPS) is 25.5. The molecule has 10 heteroatoms. The Labute approximate surface area is 242 Å². The number of rotatable bonds is 6. The lowest BCUT2D eigenvalue weighted by Gasteiger charge is -2.54. The maximum atomic E-state index is 13.9. The van der Waals surface area contributed by atoms with Crippen LogP contribution in [-0.4, -0.2) is 73.1 Å². The van der Waals surface area contributed by atoms with Crippen molar-refractivity contribution >= 4 is 22.0 Å². The van der Waals surface area contributed by atoms with E-state index in [1.54, 1.807) is 37.8 Å². The Hall–Kier alpha value is -3.14. The van der Waals surface area contributed by atoms with Gasteiger partial charge in [-0.25, -0.2) is 22.4 Å². The van der Waals surface area contributed by atoms with Crippen LogP contribution in [-0.2, 0) is 21.0 Å². The Morgan fingerprint density at radius 1 is 1.05 bits per heavy atom. The summed E-state index contributed by atoms with van der Waals surface area (Å²) in [6.45, 7) is 5.94. The van der Waals surface area contributed by atoms with Crippen LogP contribution in [0.4, 0.5) is 14.0 Å². The third-order valence-corrected chi connectivity index (χ3v) is 9.51. The van der Waals surface area contributed by atoms with E-state index in [0.29, 0.717) is 18.9 Å². The van der Waals surface area contributed by atoms with Crippen LogP contribution in [0.15, 0.2) is 48.5 Å². The van der Waals surface area contributed by atoms with Crippen LogP contribution >= 0.6 is 0 Å². The summed E-state index contributed by atoms with van der Waals surface area (Å²) in [4.78, 5) is 30.5. The minimum atomic E-state index is -3.30. The molecule has 3 amide bonds. The van der Waals surface area contributed by atoms with E-state index < -0.39 is 21.5 Å². The van der Waals surface area contributed by atoms with E-state index in [9.17, 15) is 22.4 Å². The molecule has 2 bridgehead atoms. The van der Waals surface area contributed by atoms with Gasteiger partial charge in [0.05, 0.1) is 11.8 Å². The third kappa shape index (κ3) is 6.68. The van der Waals surface area contributed by atoms with Gasteiger partial charge in [-0.05, 0) is 87.1 Å². The minimum Gasteiger partial charge on any atom is -0.444 e. The van der Waals surface area contributed by atoms with Crippen molar-refractivity contribution in [1.82, 2.24) is 15.1 Å². The van der Waals surface area contributed by atoms with Gasteiger partial charge >= 0.3 is 12.1 Å². The van der Waals surface area contributed by atoms with Gasteiger partial charge in [0, 0.05) is 31.4 Å². The molecule has 222 valence electrons. The molecule has 6 rings (SSSR count). The lowest BCUT2D eigenvalue weighted by atomic mass is 9.60. The van der Waals surface area contributed by atoms with Gasteiger partial charge < -0.3 is 19.9 Å². The molecule has 0 saturated heterocycles. The molecule has 3 atom stereocenters. The first-order valence-corrected chi connectivity index (χ1v) is 16.4. The van der Waals surface area contributed by atoms with E-state index in [1.165, 1.54) is 17.7 Å². The number of carbonyl (C=O) groups excluding carboxylic acids is 2. The summed E-state index contributed by atoms with van der Waals surface area (Å²) in [6, 6.07) is 13.4. The molecular weight excluding hydrogens is 545 g/mol. The van der Waals surface area contributed by atoms with Crippen LogP contribution in [0.3, 0.4) is 0 Å². The summed E-state index contributed by atoms with van der Waals surface area (Å²) in [6.07, 6.45) is 3.62. The topological polar surface area (TPSA) is 96.0 Å². The second kappa shape index (κ2) is 11.3. The lowest BCUT2D eigenvalue weighted by Crippen LogP contribution is -2.62. The molecule has 1 N–H and O–H groups in total. The highest BCUT2D eigenvalue weighted by molar-refractivity contribution is 7.90. The zero-order valence-electron chi connectivity index (χ0n) is 24.2. The predicted molar refractivity (Wildman–Crippen MR) is 155 cm³/mol. The molecule has 3 aliphatic carbocycles. The number of benzene rings is 2. The van der Waals surface area contributed by atoms with Gasteiger partial charge in [0.2, 0.25) is 0 Å². The molecule has 3 fully saturated rings. The Morgan fingerprint density at radius 2 is 1.73 bits per heavy atom. The zero-order valence-corrected chi connectivity index (χ0v) is 25.0. The molecule has 41 heavy (non-hydrogen) atoms. The maximum Gasteiger partial charge on any atom is 0.410 e. The first-order valence-electron chi connectivity index (χ1n) is 14.4. The fraction of sp³-hybridized carbons (Fsp3) is 0.548. The average Bonchev–Trinajstić information content (AvgIpc) is 2.86. The molecule has 0 aromatic heterocycles. The maximum absolute atomic E-state index is 13.9. The number of fused-ring (bicyclic) bond motifs is 3. The molecule has 1 heterocycles. The number of ether oxygens (including phenoxy) is 1. The van der Waals surface area contributed by atoms with Crippen molar-refractivity contribution in [3.05, 3.63) is 71.0 Å². The lowest BCUT2D eigenvalue weighted by molar-refractivity contribution is -0.0354. The van der Waals surface area contributed by atoms with E-state index in [-0.39, 0.29) is 48.2 Å². The fourth-order valence-electron chi connectivity index (χ4n) is 6.56. The van der Waals surface area contributed by atoms with Crippen LogP contribution < -0.4 is 5.32 Å². The molecule has 4 aliphatic rings. The number of halogens is 1. The Morgan fingerprint density at radius 3 is 2.39 bits per heavy atom.